The molecule has 0 aliphatic carbocycles. The van der Waals surface area contributed by atoms with Crippen molar-refractivity contribution in [3.8, 4) is 5.82 Å². The van der Waals surface area contributed by atoms with E-state index in [9.17, 15) is 9.59 Å². The molecule has 0 bridgehead atoms. The van der Waals surface area contributed by atoms with Gasteiger partial charge < -0.3 is 15.5 Å². The smallest absolute Gasteiger partial charge is 0.242 e. The van der Waals surface area contributed by atoms with Gasteiger partial charge in [-0.2, -0.15) is 0 Å². The quantitative estimate of drug-likeness (QED) is 0.651. The highest BCUT2D eigenvalue weighted by Gasteiger charge is 2.30. The van der Waals surface area contributed by atoms with Crippen LogP contribution in [-0.2, 0) is 9.59 Å². The lowest BCUT2D eigenvalue weighted by Gasteiger charge is -2.26. The Morgan fingerprint density at radius 3 is 2.90 bits per heavy atom. The molecule has 2 aromatic heterocycles. The third-order valence-corrected chi connectivity index (χ3v) is 5.67. The number of likely N-dealkylation sites (tertiary alicyclic amines) is 1. The fourth-order valence-electron chi connectivity index (χ4n) is 3.88. The van der Waals surface area contributed by atoms with Gasteiger partial charge in [-0.15, -0.1) is 0 Å². The SMILES string of the molecule is CN[C@@H](C)C(=O)NCC(=O)N1CCC[C@H]1c1ccnc(-n2cnc3ccccc32)c1. The topological polar surface area (TPSA) is 92.2 Å². The number of hydrogen-bond acceptors (Lipinski definition) is 5. The number of carbonyl (C=O) groups excluding carboxylic acids is 2. The Morgan fingerprint density at radius 1 is 1.23 bits per heavy atom. The minimum Gasteiger partial charge on any atom is -0.346 e. The molecular formula is C22H26N6O2. The number of benzene rings is 1. The van der Waals surface area contributed by atoms with E-state index in [-0.39, 0.29) is 30.4 Å². The average molecular weight is 406 g/mol. The number of para-hydroxylation sites is 2. The van der Waals surface area contributed by atoms with Gasteiger partial charge in [-0.25, -0.2) is 9.97 Å². The zero-order valence-corrected chi connectivity index (χ0v) is 17.2. The van der Waals surface area contributed by atoms with Gasteiger partial charge >= 0.3 is 0 Å². The lowest BCUT2D eigenvalue weighted by atomic mass is 10.1. The number of imidazole rings is 1. The summed E-state index contributed by atoms with van der Waals surface area (Å²) >= 11 is 0. The molecule has 1 fully saturated rings. The fourth-order valence-corrected chi connectivity index (χ4v) is 3.88. The molecule has 30 heavy (non-hydrogen) atoms. The van der Waals surface area contributed by atoms with Crippen molar-refractivity contribution in [1.82, 2.24) is 30.1 Å². The van der Waals surface area contributed by atoms with Crippen molar-refractivity contribution in [3.05, 3.63) is 54.5 Å². The molecule has 1 aliphatic heterocycles. The summed E-state index contributed by atoms with van der Waals surface area (Å²) in [6.45, 7) is 2.45. The minimum atomic E-state index is -0.333. The van der Waals surface area contributed by atoms with E-state index in [4.69, 9.17) is 0 Å². The van der Waals surface area contributed by atoms with Crippen LogP contribution in [0.15, 0.2) is 48.9 Å². The average Bonchev–Trinajstić information content (AvgIpc) is 3.44. The van der Waals surface area contributed by atoms with E-state index in [0.717, 1.165) is 35.3 Å². The number of likely N-dealkylation sites (N-methyl/N-ethyl adjacent to an activating group) is 1. The molecule has 156 valence electrons. The molecule has 1 aromatic carbocycles. The normalized spacial score (nSPS) is 17.3. The van der Waals surface area contributed by atoms with Gasteiger partial charge in [-0.1, -0.05) is 12.1 Å². The van der Waals surface area contributed by atoms with E-state index in [0.29, 0.717) is 6.54 Å². The standard InChI is InChI=1S/C22H26N6O2/c1-15(23-2)22(30)25-13-21(29)27-11-5-8-18(27)16-9-10-24-20(12-16)28-14-26-17-6-3-4-7-19(17)28/h3-4,6-7,9-10,12,14-15,18,23H,5,8,11,13H2,1-2H3,(H,25,30)/t15-,18-/m0/s1. The van der Waals surface area contributed by atoms with Crippen LogP contribution in [0.1, 0.15) is 31.4 Å². The summed E-state index contributed by atoms with van der Waals surface area (Å²) in [5.74, 6) is 0.525. The van der Waals surface area contributed by atoms with Crippen molar-refractivity contribution in [3.63, 3.8) is 0 Å². The highest BCUT2D eigenvalue weighted by atomic mass is 16.2. The minimum absolute atomic E-state index is 0.00541. The van der Waals surface area contributed by atoms with Crippen LogP contribution in [-0.4, -0.2) is 57.4 Å². The lowest BCUT2D eigenvalue weighted by Crippen LogP contribution is -2.45. The van der Waals surface area contributed by atoms with E-state index in [1.807, 2.05) is 45.9 Å². The molecule has 2 N–H and O–H groups in total. The molecule has 2 atom stereocenters. The van der Waals surface area contributed by atoms with Crippen LogP contribution in [0.5, 0.6) is 0 Å². The second kappa shape index (κ2) is 8.62. The summed E-state index contributed by atoms with van der Waals surface area (Å²) < 4.78 is 1.96. The summed E-state index contributed by atoms with van der Waals surface area (Å²) in [6.07, 6.45) is 5.37. The molecule has 3 heterocycles. The molecule has 1 saturated heterocycles. The molecule has 3 aromatic rings. The number of pyridine rings is 1. The van der Waals surface area contributed by atoms with Crippen LogP contribution in [0.25, 0.3) is 16.9 Å². The van der Waals surface area contributed by atoms with Gasteiger partial charge in [0.25, 0.3) is 0 Å². The van der Waals surface area contributed by atoms with E-state index >= 15 is 0 Å². The van der Waals surface area contributed by atoms with Crippen LogP contribution in [0.2, 0.25) is 0 Å². The van der Waals surface area contributed by atoms with Crippen LogP contribution in [0.3, 0.4) is 0 Å². The van der Waals surface area contributed by atoms with Crippen molar-refractivity contribution < 1.29 is 9.59 Å². The van der Waals surface area contributed by atoms with Crippen molar-refractivity contribution in [2.45, 2.75) is 31.8 Å². The van der Waals surface area contributed by atoms with E-state index in [1.54, 1.807) is 26.5 Å². The number of rotatable bonds is 6. The summed E-state index contributed by atoms with van der Waals surface area (Å²) in [4.78, 5) is 35.6. The summed E-state index contributed by atoms with van der Waals surface area (Å²) in [6, 6.07) is 11.5. The first-order valence-corrected chi connectivity index (χ1v) is 10.2. The van der Waals surface area contributed by atoms with Crippen LogP contribution < -0.4 is 10.6 Å². The Kier molecular flexibility index (Phi) is 5.76. The largest absolute Gasteiger partial charge is 0.346 e. The van der Waals surface area contributed by atoms with Gasteiger partial charge in [0.1, 0.15) is 12.1 Å². The highest BCUT2D eigenvalue weighted by molar-refractivity contribution is 5.87. The number of amides is 2. The zero-order valence-electron chi connectivity index (χ0n) is 17.2. The first-order valence-electron chi connectivity index (χ1n) is 10.2. The molecular weight excluding hydrogens is 380 g/mol. The fraction of sp³-hybridized carbons (Fsp3) is 0.364. The van der Waals surface area contributed by atoms with Crippen LogP contribution >= 0.6 is 0 Å². The summed E-state index contributed by atoms with van der Waals surface area (Å²) in [7, 11) is 1.72. The molecule has 8 nitrogen and oxygen atoms in total. The predicted molar refractivity (Wildman–Crippen MR) is 114 cm³/mol. The van der Waals surface area contributed by atoms with Crippen molar-refractivity contribution in [1.29, 1.82) is 0 Å². The van der Waals surface area contributed by atoms with Gasteiger partial charge in [-0.05, 0) is 56.6 Å². The molecule has 0 spiro atoms. The molecule has 1 aliphatic rings. The first-order chi connectivity index (χ1) is 14.6. The molecule has 4 rings (SSSR count). The van der Waals surface area contributed by atoms with Gasteiger partial charge in [0.2, 0.25) is 11.8 Å². The second-order valence-electron chi connectivity index (χ2n) is 7.52. The Balaban J connectivity index is 1.53. The number of hydrogen-bond donors (Lipinski definition) is 2. The molecule has 0 unspecified atom stereocenters. The van der Waals surface area contributed by atoms with Crippen molar-refractivity contribution >= 4 is 22.8 Å². The van der Waals surface area contributed by atoms with Gasteiger partial charge in [0.15, 0.2) is 0 Å². The number of aromatic nitrogens is 3. The van der Waals surface area contributed by atoms with Crippen molar-refractivity contribution in [2.75, 3.05) is 20.1 Å². The van der Waals surface area contributed by atoms with Gasteiger partial charge in [-0.3, -0.25) is 14.2 Å². The maximum atomic E-state index is 12.8. The van der Waals surface area contributed by atoms with Crippen LogP contribution in [0.4, 0.5) is 0 Å². The number of nitrogens with zero attached hydrogens (tertiary/aromatic N) is 4. The Labute approximate surface area is 175 Å². The number of fused-ring (bicyclic) bond motifs is 1. The highest BCUT2D eigenvalue weighted by Crippen LogP contribution is 2.32. The lowest BCUT2D eigenvalue weighted by molar-refractivity contribution is -0.134. The second-order valence-corrected chi connectivity index (χ2v) is 7.52. The summed E-state index contributed by atoms with van der Waals surface area (Å²) in [5.41, 5.74) is 2.94. The van der Waals surface area contributed by atoms with Gasteiger partial charge in [0.05, 0.1) is 29.7 Å². The molecule has 0 saturated carbocycles. The predicted octanol–water partition coefficient (Wildman–Crippen LogP) is 1.81. The molecule has 8 heteroatoms. The monoisotopic (exact) mass is 406 g/mol. The summed E-state index contributed by atoms with van der Waals surface area (Å²) in [5, 5.41) is 5.59. The van der Waals surface area contributed by atoms with Crippen LogP contribution in [0, 0.1) is 0 Å². The van der Waals surface area contributed by atoms with Gasteiger partial charge in [0, 0.05) is 12.7 Å². The Morgan fingerprint density at radius 2 is 2.07 bits per heavy atom. The maximum absolute atomic E-state index is 12.8. The first kappa shape index (κ1) is 20.0. The molecule has 2 amide bonds. The van der Waals surface area contributed by atoms with E-state index in [1.165, 1.54) is 0 Å². The van der Waals surface area contributed by atoms with E-state index < -0.39 is 0 Å². The zero-order chi connectivity index (χ0) is 21.1. The third kappa shape index (κ3) is 3.91. The van der Waals surface area contributed by atoms with Crippen molar-refractivity contribution in [2.24, 2.45) is 0 Å². The third-order valence-electron chi connectivity index (χ3n) is 5.67. The number of carbonyl (C=O) groups is 2. The Hall–Kier alpha value is -3.26. The maximum Gasteiger partial charge on any atom is 0.242 e. The Bertz CT molecular complexity index is 1060. The number of nitrogens with one attached hydrogen (secondary N) is 2. The van der Waals surface area contributed by atoms with E-state index in [2.05, 4.69) is 20.6 Å². The molecule has 0 radical (unpaired) electrons.